The lowest BCUT2D eigenvalue weighted by molar-refractivity contribution is 0.628. The van der Waals surface area contributed by atoms with Crippen LogP contribution in [0.25, 0.3) is 0 Å². The quantitative estimate of drug-likeness (QED) is 0.430. The van der Waals surface area contributed by atoms with Gasteiger partial charge in [0.15, 0.2) is 11.6 Å². The van der Waals surface area contributed by atoms with Gasteiger partial charge < -0.3 is 0 Å². The minimum absolute atomic E-state index is 0.689. The van der Waals surface area contributed by atoms with E-state index in [1.165, 1.54) is 30.5 Å². The first kappa shape index (κ1) is 18.6. The second-order valence-corrected chi connectivity index (χ2v) is 8.47. The lowest BCUT2D eigenvalue weighted by Crippen LogP contribution is -1.94. The molecule has 0 fully saturated rings. The standard InChI is InChI=1S/C18H18N8S2/c1-25-21-17(19-23-25)11-13-3-7-15(8-4-13)27-28-16-9-5-14(6-10-16)12-18-20-24-26(2)22-18/h3-10H,11-12H2,1-2H3. The van der Waals surface area contributed by atoms with Crippen LogP contribution in [-0.4, -0.2) is 40.4 Å². The molecule has 8 nitrogen and oxygen atoms in total. The van der Waals surface area contributed by atoms with Gasteiger partial charge in [-0.25, -0.2) is 0 Å². The lowest BCUT2D eigenvalue weighted by Gasteiger charge is -2.04. The number of nitrogens with zero attached hydrogens (tertiary/aromatic N) is 8. The van der Waals surface area contributed by atoms with Gasteiger partial charge in [-0.15, -0.1) is 20.4 Å². The molecular weight excluding hydrogens is 392 g/mol. The molecule has 142 valence electrons. The van der Waals surface area contributed by atoms with Gasteiger partial charge in [-0.3, -0.25) is 0 Å². The Kier molecular flexibility index (Phi) is 5.68. The van der Waals surface area contributed by atoms with Crippen molar-refractivity contribution in [1.29, 1.82) is 0 Å². The average Bonchev–Trinajstić information content (AvgIpc) is 3.30. The summed E-state index contributed by atoms with van der Waals surface area (Å²) in [5.74, 6) is 1.46. The van der Waals surface area contributed by atoms with Gasteiger partial charge in [0, 0.05) is 22.6 Å². The van der Waals surface area contributed by atoms with E-state index in [1.54, 1.807) is 35.7 Å². The molecule has 2 aromatic carbocycles. The molecule has 0 aliphatic rings. The summed E-state index contributed by atoms with van der Waals surface area (Å²) in [6.45, 7) is 0. The Morgan fingerprint density at radius 1 is 0.643 bits per heavy atom. The SMILES string of the molecule is Cn1nnc(Cc2ccc(SSc3ccc(Cc4nnn(C)n4)cc3)cc2)n1. The summed E-state index contributed by atoms with van der Waals surface area (Å²) < 4.78 is 0. The first-order chi connectivity index (χ1) is 13.6. The van der Waals surface area contributed by atoms with E-state index in [2.05, 4.69) is 79.4 Å². The van der Waals surface area contributed by atoms with Crippen LogP contribution in [0.2, 0.25) is 0 Å². The fraction of sp³-hybridized carbons (Fsp3) is 0.222. The Bertz CT molecular complexity index is 954. The van der Waals surface area contributed by atoms with Crippen molar-refractivity contribution >= 4 is 21.6 Å². The van der Waals surface area contributed by atoms with E-state index in [0.717, 1.165) is 11.6 Å². The van der Waals surface area contributed by atoms with Gasteiger partial charge in [0.2, 0.25) is 0 Å². The monoisotopic (exact) mass is 410 g/mol. The molecule has 2 heterocycles. The Morgan fingerprint density at radius 3 is 1.36 bits per heavy atom. The number of aryl methyl sites for hydroxylation is 2. The zero-order chi connectivity index (χ0) is 19.3. The topological polar surface area (TPSA) is 87.2 Å². The summed E-state index contributed by atoms with van der Waals surface area (Å²) >= 11 is 0. The van der Waals surface area contributed by atoms with Gasteiger partial charge in [0.1, 0.15) is 0 Å². The summed E-state index contributed by atoms with van der Waals surface area (Å²) in [6, 6.07) is 16.9. The number of tetrazole rings is 2. The van der Waals surface area contributed by atoms with Crippen LogP contribution in [0.3, 0.4) is 0 Å². The molecule has 0 aliphatic heterocycles. The summed E-state index contributed by atoms with van der Waals surface area (Å²) in [5.41, 5.74) is 2.34. The van der Waals surface area contributed by atoms with E-state index in [9.17, 15) is 0 Å². The Labute approximate surface area is 170 Å². The van der Waals surface area contributed by atoms with Crippen LogP contribution in [-0.2, 0) is 26.9 Å². The fourth-order valence-corrected chi connectivity index (χ4v) is 4.51. The molecule has 28 heavy (non-hydrogen) atoms. The normalized spacial score (nSPS) is 11.1. The van der Waals surface area contributed by atoms with E-state index in [-0.39, 0.29) is 0 Å². The first-order valence-electron chi connectivity index (χ1n) is 8.62. The molecular formula is C18H18N8S2. The largest absolute Gasteiger partial charge is 0.179 e. The number of rotatable bonds is 7. The van der Waals surface area contributed by atoms with E-state index < -0.39 is 0 Å². The van der Waals surface area contributed by atoms with Crippen molar-refractivity contribution in [3.8, 4) is 0 Å². The maximum absolute atomic E-state index is 4.21. The maximum Gasteiger partial charge on any atom is 0.179 e. The molecule has 0 N–H and O–H groups in total. The molecule has 2 aromatic heterocycles. The van der Waals surface area contributed by atoms with Crippen molar-refractivity contribution in [2.75, 3.05) is 0 Å². The zero-order valence-electron chi connectivity index (χ0n) is 15.4. The molecule has 4 rings (SSSR count). The van der Waals surface area contributed by atoms with Gasteiger partial charge in [0.25, 0.3) is 0 Å². The molecule has 0 radical (unpaired) electrons. The van der Waals surface area contributed by atoms with Crippen molar-refractivity contribution in [3.05, 3.63) is 71.3 Å². The van der Waals surface area contributed by atoms with E-state index in [0.29, 0.717) is 12.8 Å². The van der Waals surface area contributed by atoms with Crippen LogP contribution in [0, 0.1) is 0 Å². The molecule has 4 aromatic rings. The fourth-order valence-electron chi connectivity index (χ4n) is 2.58. The van der Waals surface area contributed by atoms with Crippen molar-refractivity contribution in [2.45, 2.75) is 22.6 Å². The summed E-state index contributed by atoms with van der Waals surface area (Å²) in [5, 5.41) is 24.2. The van der Waals surface area contributed by atoms with Crippen LogP contribution >= 0.6 is 21.6 Å². The molecule has 0 unspecified atom stereocenters. The second kappa shape index (κ2) is 8.53. The Balaban J connectivity index is 1.30. The minimum Gasteiger partial charge on any atom is -0.167 e. The maximum atomic E-state index is 4.21. The van der Waals surface area contributed by atoms with E-state index in [1.807, 2.05) is 0 Å². The third-order valence-electron chi connectivity index (χ3n) is 3.90. The smallest absolute Gasteiger partial charge is 0.167 e. The van der Waals surface area contributed by atoms with E-state index in [4.69, 9.17) is 0 Å². The lowest BCUT2D eigenvalue weighted by atomic mass is 10.1. The van der Waals surface area contributed by atoms with Crippen LogP contribution < -0.4 is 0 Å². The van der Waals surface area contributed by atoms with Crippen molar-refractivity contribution in [2.24, 2.45) is 14.1 Å². The van der Waals surface area contributed by atoms with Crippen LogP contribution in [0.4, 0.5) is 0 Å². The van der Waals surface area contributed by atoms with Crippen molar-refractivity contribution < 1.29 is 0 Å². The Morgan fingerprint density at radius 2 is 1.04 bits per heavy atom. The molecule has 0 aliphatic carbocycles. The molecule has 0 saturated carbocycles. The van der Waals surface area contributed by atoms with Gasteiger partial charge in [-0.05, 0) is 45.8 Å². The minimum atomic E-state index is 0.689. The van der Waals surface area contributed by atoms with Gasteiger partial charge in [0.05, 0.1) is 14.1 Å². The molecule has 0 amide bonds. The average molecular weight is 411 g/mol. The van der Waals surface area contributed by atoms with E-state index >= 15 is 0 Å². The first-order valence-corrected chi connectivity index (χ1v) is 10.8. The van der Waals surface area contributed by atoms with Gasteiger partial charge >= 0.3 is 0 Å². The predicted molar refractivity (Wildman–Crippen MR) is 108 cm³/mol. The van der Waals surface area contributed by atoms with Crippen molar-refractivity contribution in [3.63, 3.8) is 0 Å². The third-order valence-corrected chi connectivity index (χ3v) is 6.32. The number of hydrogen-bond acceptors (Lipinski definition) is 8. The third kappa shape index (κ3) is 4.96. The summed E-state index contributed by atoms with van der Waals surface area (Å²) in [6.07, 6.45) is 1.38. The van der Waals surface area contributed by atoms with Gasteiger partial charge in [-0.2, -0.15) is 9.59 Å². The van der Waals surface area contributed by atoms with Crippen LogP contribution in [0.15, 0.2) is 58.3 Å². The van der Waals surface area contributed by atoms with Gasteiger partial charge in [-0.1, -0.05) is 45.9 Å². The highest BCUT2D eigenvalue weighted by Gasteiger charge is 2.05. The number of benzene rings is 2. The number of hydrogen-bond donors (Lipinski definition) is 0. The highest BCUT2D eigenvalue weighted by atomic mass is 33.1. The molecule has 0 saturated heterocycles. The molecule has 0 atom stereocenters. The molecule has 0 spiro atoms. The van der Waals surface area contributed by atoms with Crippen molar-refractivity contribution in [1.82, 2.24) is 40.4 Å². The summed E-state index contributed by atoms with van der Waals surface area (Å²) in [7, 11) is 7.01. The Hall–Kier alpha value is -2.72. The highest BCUT2D eigenvalue weighted by Crippen LogP contribution is 2.37. The molecule has 10 heteroatoms. The number of aromatic nitrogens is 8. The molecule has 0 bridgehead atoms. The summed E-state index contributed by atoms with van der Waals surface area (Å²) in [4.78, 5) is 5.36. The second-order valence-electron chi connectivity index (χ2n) is 6.20. The highest BCUT2D eigenvalue weighted by molar-refractivity contribution is 8.76. The van der Waals surface area contributed by atoms with Crippen LogP contribution in [0.5, 0.6) is 0 Å². The predicted octanol–water partition coefficient (Wildman–Crippen LogP) is 2.71. The zero-order valence-corrected chi connectivity index (χ0v) is 17.1. The van der Waals surface area contributed by atoms with Crippen LogP contribution in [0.1, 0.15) is 22.8 Å².